The van der Waals surface area contributed by atoms with E-state index in [1.165, 1.54) is 23.5 Å². The molecule has 0 aliphatic carbocycles. The second kappa shape index (κ2) is 63.0. The molecule has 0 aromatic carbocycles. The number of carbonyl (C=O) groups excluding carboxylic acids is 4. The van der Waals surface area contributed by atoms with Crippen molar-refractivity contribution in [1.82, 2.24) is 51.5 Å². The quantitative estimate of drug-likeness (QED) is 0.00918. The standard InChI is InChI=1S/C45H76N8O12S15.C5H10N2S4.CH4/c1-33(72)46-29-53(44(79)80-2)10-6-43(57)65-18-14-61-28-45(25-58-11-15-62-40(54)3-7-50(37(76)22-69)30-47-34(73)19-66,26-59-12-16-63-41(55)4-8-51(38(77)23-70)31-48-35(74)20-67)27-60-13-17-64-42(56)5-9-52(39(78)24-71)32-49-36(75)21-68;1-11-5(10)7-3-6-4(9)2-8;/h66-71H,3-32H2,1-2H3,(H,46,72)(H,47,73)(H,48,74)(H,49,75);8H,2-3H2,1H3,(H,6,9)(H,7,10);1H4. The lowest BCUT2D eigenvalue weighted by Gasteiger charge is -2.33. The van der Waals surface area contributed by atoms with Crippen molar-refractivity contribution in [3.8, 4) is 0 Å². The van der Waals surface area contributed by atoms with Gasteiger partial charge in [-0.15, -0.1) is 23.5 Å². The summed E-state index contributed by atoms with van der Waals surface area (Å²) >= 11 is 84.4. The second-order valence-corrected chi connectivity index (χ2v) is 27.1. The predicted octanol–water partition coefficient (Wildman–Crippen LogP) is 5.37. The monoisotopic (exact) mass is 1640 g/mol. The van der Waals surface area contributed by atoms with Gasteiger partial charge in [-0.3, -0.25) is 19.2 Å². The normalized spacial score (nSPS) is 10.5. The van der Waals surface area contributed by atoms with E-state index in [4.69, 9.17) is 160 Å². The summed E-state index contributed by atoms with van der Waals surface area (Å²) in [5.74, 6) is 0.580. The number of nitrogens with one attached hydrogen (secondary N) is 6. The lowest BCUT2D eigenvalue weighted by molar-refractivity contribution is -0.151. The van der Waals surface area contributed by atoms with Crippen LogP contribution < -0.4 is 31.9 Å². The average molecular weight is 1640 g/mol. The first-order valence-electron chi connectivity index (χ1n) is 27.4. The SMILES string of the molecule is C.CSC(=S)N(CCC(=O)OCCOCC(COCCOC(=O)CCN(CNC(=S)CS)C(=S)CS)(COCCOC(=O)CCN(CNC(=S)CS)C(=S)CS)COCCOC(=O)CCN(CNC(=S)CS)C(=S)CS)CNC(C)=S.CSC(=S)NCNC(=S)CS. The Morgan fingerprint density at radius 2 is 0.674 bits per heavy atom. The Morgan fingerprint density at radius 1 is 0.391 bits per heavy atom. The molecule has 0 aromatic heterocycles. The van der Waals surface area contributed by atoms with Crippen molar-refractivity contribution in [1.29, 1.82) is 0 Å². The van der Waals surface area contributed by atoms with Crippen LogP contribution in [-0.2, 0) is 57.1 Å². The fourth-order valence-corrected chi connectivity index (χ4v) is 8.97. The van der Waals surface area contributed by atoms with Crippen LogP contribution in [0.25, 0.3) is 0 Å². The summed E-state index contributed by atoms with van der Waals surface area (Å²) in [6, 6.07) is 0. The number of nitrogens with zero attached hydrogens (tertiary/aromatic N) is 4. The number of esters is 4. The Balaban J connectivity index is -0.00000597. The van der Waals surface area contributed by atoms with Gasteiger partial charge < -0.3 is 89.4 Å². The molecule has 22 nitrogen and oxygen atoms in total. The topological polar surface area (TPSA) is 227 Å². The van der Waals surface area contributed by atoms with E-state index in [0.29, 0.717) is 99.4 Å². The zero-order valence-electron chi connectivity index (χ0n) is 50.8. The first-order valence-corrected chi connectivity index (χ1v) is 38.4. The molecule has 92 heavy (non-hydrogen) atoms. The van der Waals surface area contributed by atoms with Crippen molar-refractivity contribution in [2.24, 2.45) is 5.41 Å². The number of thiocarbonyl (C=S) groups is 10. The van der Waals surface area contributed by atoms with Gasteiger partial charge in [-0.1, -0.05) is 130 Å². The predicted molar refractivity (Wildman–Crippen MR) is 440 cm³/mol. The number of thiol groups is 7. The summed E-state index contributed by atoms with van der Waals surface area (Å²) in [6.07, 6.45) is 3.87. The van der Waals surface area contributed by atoms with Gasteiger partial charge in [-0.05, 0) is 19.4 Å². The first-order chi connectivity index (χ1) is 43.4. The molecule has 0 bridgehead atoms. The van der Waals surface area contributed by atoms with Crippen molar-refractivity contribution < 1.29 is 57.1 Å². The van der Waals surface area contributed by atoms with Crippen molar-refractivity contribution in [2.45, 2.75) is 40.0 Å². The van der Waals surface area contributed by atoms with Crippen molar-refractivity contribution in [3.63, 3.8) is 0 Å². The highest BCUT2D eigenvalue weighted by atomic mass is 32.2. The zero-order valence-corrected chi connectivity index (χ0v) is 66.9. The van der Waals surface area contributed by atoms with Crippen LogP contribution in [0, 0.1) is 5.41 Å². The first kappa shape index (κ1) is 96.0. The van der Waals surface area contributed by atoms with Crippen molar-refractivity contribution in [2.75, 3.05) is 192 Å². The van der Waals surface area contributed by atoms with Gasteiger partial charge in [0.15, 0.2) is 0 Å². The van der Waals surface area contributed by atoms with Crippen LogP contribution in [0.1, 0.15) is 40.0 Å². The Labute approximate surface area is 645 Å². The number of hydrogen-bond donors (Lipinski definition) is 13. The molecule has 0 saturated heterocycles. The summed E-state index contributed by atoms with van der Waals surface area (Å²) < 4.78 is 47.8. The molecule has 0 radical (unpaired) electrons. The van der Waals surface area contributed by atoms with Gasteiger partial charge in [0.25, 0.3) is 0 Å². The van der Waals surface area contributed by atoms with Crippen LogP contribution in [-0.4, -0.2) is 284 Å². The molecule has 6 N–H and O–H groups in total. The Hall–Kier alpha value is -0.230. The van der Waals surface area contributed by atoms with E-state index in [-0.39, 0.29) is 152 Å². The fourth-order valence-electron chi connectivity index (χ4n) is 6.26. The zero-order chi connectivity index (χ0) is 68.8. The second-order valence-electron chi connectivity index (χ2n) is 18.0. The number of ether oxygens (including phenoxy) is 8. The van der Waals surface area contributed by atoms with E-state index in [0.717, 1.165) is 9.31 Å². The summed E-state index contributed by atoms with van der Waals surface area (Å²) in [5, 5.41) is 18.1. The van der Waals surface area contributed by atoms with Crippen LogP contribution in [0.2, 0.25) is 0 Å². The molecular formula is C51H90N10O12S19. The van der Waals surface area contributed by atoms with Gasteiger partial charge in [0.2, 0.25) is 0 Å². The van der Waals surface area contributed by atoms with E-state index < -0.39 is 29.3 Å². The van der Waals surface area contributed by atoms with E-state index in [9.17, 15) is 19.2 Å². The van der Waals surface area contributed by atoms with Crippen LogP contribution in [0.4, 0.5) is 0 Å². The molecule has 0 aromatic rings. The van der Waals surface area contributed by atoms with Gasteiger partial charge in [-0.2, -0.15) is 88.4 Å². The van der Waals surface area contributed by atoms with Gasteiger partial charge in [0, 0.05) is 66.4 Å². The van der Waals surface area contributed by atoms with Crippen LogP contribution in [0.5, 0.6) is 0 Å². The Bertz CT molecular complexity index is 2090. The molecule has 0 spiro atoms. The van der Waals surface area contributed by atoms with E-state index >= 15 is 0 Å². The summed E-state index contributed by atoms with van der Waals surface area (Å²) in [5.41, 5.74) is -1.07. The summed E-state index contributed by atoms with van der Waals surface area (Å²) in [7, 11) is 0. The average Bonchev–Trinajstić information content (AvgIpc) is 1.36. The van der Waals surface area contributed by atoms with Gasteiger partial charge in [0.05, 0.1) is 157 Å². The molecular weight excluding hydrogens is 1550 g/mol. The number of thioether (sulfide) groups is 2. The fraction of sp³-hybridized carbons (Fsp3) is 0.725. The Morgan fingerprint density at radius 3 is 0.935 bits per heavy atom. The highest BCUT2D eigenvalue weighted by molar-refractivity contribution is 8.22. The van der Waals surface area contributed by atoms with Gasteiger partial charge in [-0.25, -0.2) is 0 Å². The summed E-state index contributed by atoms with van der Waals surface area (Å²) in [4.78, 5) is 62.9. The molecule has 0 amide bonds. The molecule has 0 atom stereocenters. The molecule has 0 rings (SSSR count). The summed E-state index contributed by atoms with van der Waals surface area (Å²) in [6.45, 7) is 3.89. The van der Waals surface area contributed by atoms with Gasteiger partial charge >= 0.3 is 23.9 Å². The minimum Gasteiger partial charge on any atom is -0.463 e. The van der Waals surface area contributed by atoms with Gasteiger partial charge in [0.1, 0.15) is 35.1 Å². The molecule has 0 aliphatic rings. The highest BCUT2D eigenvalue weighted by Crippen LogP contribution is 2.21. The molecule has 530 valence electrons. The van der Waals surface area contributed by atoms with E-state index in [1.54, 1.807) is 21.6 Å². The maximum Gasteiger partial charge on any atom is 0.307 e. The maximum absolute atomic E-state index is 12.9. The molecule has 0 saturated carbocycles. The molecule has 0 unspecified atom stereocenters. The number of carbonyl (C=O) groups is 4. The lowest BCUT2D eigenvalue weighted by Crippen LogP contribution is -2.43. The van der Waals surface area contributed by atoms with Crippen molar-refractivity contribution >= 4 is 307 Å². The molecule has 0 aliphatic heterocycles. The third-order valence-corrected chi connectivity index (χ3v) is 19.7. The number of hydrogen-bond acceptors (Lipinski definition) is 31. The third-order valence-electron chi connectivity index (χ3n) is 11.0. The lowest BCUT2D eigenvalue weighted by atomic mass is 9.92. The third kappa shape index (κ3) is 52.8. The van der Waals surface area contributed by atoms with E-state index in [2.05, 4.69) is 120 Å². The Kier molecular flexibility index (Phi) is 65.7. The number of rotatable bonds is 49. The van der Waals surface area contributed by atoms with Crippen LogP contribution in [0.15, 0.2) is 0 Å². The van der Waals surface area contributed by atoms with Crippen LogP contribution in [0.3, 0.4) is 0 Å². The molecule has 0 heterocycles. The van der Waals surface area contributed by atoms with E-state index in [1.807, 2.05) is 17.4 Å². The highest BCUT2D eigenvalue weighted by Gasteiger charge is 2.33. The van der Waals surface area contributed by atoms with Crippen molar-refractivity contribution in [3.05, 3.63) is 0 Å². The maximum atomic E-state index is 12.9. The largest absolute Gasteiger partial charge is 0.463 e. The smallest absolute Gasteiger partial charge is 0.307 e. The van der Waals surface area contributed by atoms with Crippen LogP contribution >= 0.6 is 234 Å². The molecule has 0 fully saturated rings. The minimum absolute atomic E-state index is 0. The molecule has 41 heteroatoms. The minimum atomic E-state index is -1.07.